The minimum atomic E-state index is -0.342. The van der Waals surface area contributed by atoms with Gasteiger partial charge in [-0.1, -0.05) is 0 Å². The van der Waals surface area contributed by atoms with Crippen LogP contribution in [-0.2, 0) is 4.74 Å². The molecule has 1 aliphatic rings. The second kappa shape index (κ2) is 8.89. The number of pyridine rings is 1. The predicted octanol–water partition coefficient (Wildman–Crippen LogP) is 2.26. The van der Waals surface area contributed by atoms with Crippen LogP contribution in [0, 0.1) is 6.92 Å². The summed E-state index contributed by atoms with van der Waals surface area (Å²) in [6.07, 6.45) is 4.43. The highest BCUT2D eigenvalue weighted by atomic mass is 16.5. The number of ether oxygens (including phenoxy) is 1. The number of hydrogen-bond donors (Lipinski definition) is 0. The summed E-state index contributed by atoms with van der Waals surface area (Å²) in [5.74, 6) is 2.08. The van der Waals surface area contributed by atoms with Crippen LogP contribution in [0.1, 0.15) is 29.4 Å². The molecule has 3 aromatic heterocycles. The van der Waals surface area contributed by atoms with Gasteiger partial charge in [-0.25, -0.2) is 14.5 Å². The van der Waals surface area contributed by atoms with Crippen LogP contribution in [0.5, 0.6) is 0 Å². The van der Waals surface area contributed by atoms with E-state index in [1.165, 1.54) is 0 Å². The molecule has 0 aliphatic carbocycles. The molecule has 156 valence electrons. The Morgan fingerprint density at radius 2 is 1.67 bits per heavy atom. The van der Waals surface area contributed by atoms with Crippen molar-refractivity contribution >= 4 is 17.6 Å². The molecule has 4 rings (SSSR count). The van der Waals surface area contributed by atoms with Gasteiger partial charge in [-0.2, -0.15) is 5.10 Å². The molecule has 1 aliphatic heterocycles. The largest absolute Gasteiger partial charge is 0.462 e. The van der Waals surface area contributed by atoms with Crippen LogP contribution in [0.4, 0.5) is 11.6 Å². The molecule has 0 aromatic carbocycles. The number of carbonyl (C=O) groups is 1. The molecule has 0 spiro atoms. The molecule has 0 unspecified atom stereocenters. The maximum Gasteiger partial charge on any atom is 0.339 e. The van der Waals surface area contributed by atoms with E-state index in [0.29, 0.717) is 18.0 Å². The molecule has 1 fully saturated rings. The number of anilines is 2. The minimum absolute atomic E-state index is 0.342. The van der Waals surface area contributed by atoms with Crippen molar-refractivity contribution in [1.29, 1.82) is 0 Å². The smallest absolute Gasteiger partial charge is 0.339 e. The van der Waals surface area contributed by atoms with Crippen LogP contribution in [-0.4, -0.2) is 63.7 Å². The predicted molar refractivity (Wildman–Crippen MR) is 113 cm³/mol. The van der Waals surface area contributed by atoms with E-state index in [2.05, 4.69) is 30.1 Å². The SMILES string of the molecule is CCOC(=O)c1ccc(N2CCCN(c3ccc(-n4ccc(C)n4)nn3)CC2)nc1. The Kier molecular flexibility index (Phi) is 5.87. The molecular formula is C21H25N7O2. The molecule has 0 N–H and O–H groups in total. The fourth-order valence-corrected chi connectivity index (χ4v) is 3.44. The Morgan fingerprint density at radius 1 is 0.967 bits per heavy atom. The first-order chi connectivity index (χ1) is 14.6. The molecule has 30 heavy (non-hydrogen) atoms. The number of aryl methyl sites for hydroxylation is 1. The van der Waals surface area contributed by atoms with Crippen molar-refractivity contribution in [1.82, 2.24) is 25.0 Å². The minimum Gasteiger partial charge on any atom is -0.462 e. The van der Waals surface area contributed by atoms with E-state index in [1.54, 1.807) is 23.9 Å². The summed E-state index contributed by atoms with van der Waals surface area (Å²) in [5, 5.41) is 13.1. The number of nitrogens with zero attached hydrogens (tertiary/aromatic N) is 7. The zero-order chi connectivity index (χ0) is 20.9. The van der Waals surface area contributed by atoms with Gasteiger partial charge in [0.15, 0.2) is 11.6 Å². The summed E-state index contributed by atoms with van der Waals surface area (Å²) in [6.45, 7) is 7.50. The third-order valence-electron chi connectivity index (χ3n) is 5.00. The molecule has 0 atom stereocenters. The number of hydrogen-bond acceptors (Lipinski definition) is 8. The van der Waals surface area contributed by atoms with E-state index < -0.39 is 0 Å². The van der Waals surface area contributed by atoms with E-state index in [1.807, 2.05) is 37.4 Å². The summed E-state index contributed by atoms with van der Waals surface area (Å²) < 4.78 is 6.74. The quantitative estimate of drug-likeness (QED) is 0.595. The van der Waals surface area contributed by atoms with Gasteiger partial charge in [0.2, 0.25) is 0 Å². The van der Waals surface area contributed by atoms with Crippen LogP contribution in [0.25, 0.3) is 5.82 Å². The van der Waals surface area contributed by atoms with Gasteiger partial charge in [-0.3, -0.25) is 0 Å². The fourth-order valence-electron chi connectivity index (χ4n) is 3.44. The normalized spacial score (nSPS) is 14.5. The molecule has 1 saturated heterocycles. The molecule has 0 bridgehead atoms. The Morgan fingerprint density at radius 3 is 2.27 bits per heavy atom. The average molecular weight is 407 g/mol. The van der Waals surface area contributed by atoms with Gasteiger partial charge >= 0.3 is 5.97 Å². The highest BCUT2D eigenvalue weighted by Crippen LogP contribution is 2.18. The first-order valence-electron chi connectivity index (χ1n) is 10.1. The number of esters is 1. The first kappa shape index (κ1) is 19.8. The van der Waals surface area contributed by atoms with E-state index in [0.717, 1.165) is 49.9 Å². The van der Waals surface area contributed by atoms with E-state index in [9.17, 15) is 4.79 Å². The summed E-state index contributed by atoms with van der Waals surface area (Å²) in [4.78, 5) is 20.7. The summed E-state index contributed by atoms with van der Waals surface area (Å²) in [5.41, 5.74) is 1.41. The lowest BCUT2D eigenvalue weighted by atomic mass is 10.2. The van der Waals surface area contributed by atoms with E-state index >= 15 is 0 Å². The van der Waals surface area contributed by atoms with Gasteiger partial charge in [-0.15, -0.1) is 10.2 Å². The van der Waals surface area contributed by atoms with Gasteiger partial charge in [0, 0.05) is 38.6 Å². The maximum atomic E-state index is 11.8. The Balaban J connectivity index is 1.39. The monoisotopic (exact) mass is 407 g/mol. The van der Waals surface area contributed by atoms with Crippen molar-refractivity contribution < 1.29 is 9.53 Å². The summed E-state index contributed by atoms with van der Waals surface area (Å²) >= 11 is 0. The molecule has 3 aromatic rings. The van der Waals surface area contributed by atoms with E-state index in [4.69, 9.17) is 4.74 Å². The molecule has 0 radical (unpaired) electrons. The van der Waals surface area contributed by atoms with Crippen LogP contribution in [0.3, 0.4) is 0 Å². The summed E-state index contributed by atoms with van der Waals surface area (Å²) in [7, 11) is 0. The van der Waals surface area contributed by atoms with E-state index in [-0.39, 0.29) is 5.97 Å². The molecule has 0 saturated carbocycles. The van der Waals surface area contributed by atoms with Crippen LogP contribution >= 0.6 is 0 Å². The van der Waals surface area contributed by atoms with Crippen molar-refractivity contribution in [2.24, 2.45) is 0 Å². The fraction of sp³-hybridized carbons (Fsp3) is 0.381. The maximum absolute atomic E-state index is 11.8. The van der Waals surface area contributed by atoms with Gasteiger partial charge in [0.1, 0.15) is 5.82 Å². The number of aromatic nitrogens is 5. The third kappa shape index (κ3) is 4.40. The Bertz CT molecular complexity index is 985. The number of carbonyl (C=O) groups excluding carboxylic acids is 1. The highest BCUT2D eigenvalue weighted by Gasteiger charge is 2.18. The Labute approximate surface area is 175 Å². The molecule has 4 heterocycles. The average Bonchev–Trinajstić information content (AvgIpc) is 3.06. The second-order valence-corrected chi connectivity index (χ2v) is 7.10. The number of rotatable bonds is 5. The van der Waals surface area contributed by atoms with Crippen LogP contribution in [0.2, 0.25) is 0 Å². The lowest BCUT2D eigenvalue weighted by Gasteiger charge is -2.23. The molecular weight excluding hydrogens is 382 g/mol. The van der Waals surface area contributed by atoms with Crippen molar-refractivity contribution in [2.75, 3.05) is 42.6 Å². The molecule has 9 nitrogen and oxygen atoms in total. The molecule has 9 heteroatoms. The zero-order valence-corrected chi connectivity index (χ0v) is 17.2. The Hall–Kier alpha value is -3.49. The van der Waals surface area contributed by atoms with Crippen molar-refractivity contribution in [2.45, 2.75) is 20.3 Å². The standard InChI is InChI=1S/C21H25N7O2/c1-3-30-21(29)17-5-6-18(22-15-17)26-10-4-11-27(14-13-26)19-7-8-20(24-23-19)28-12-9-16(2)25-28/h5-9,12,15H,3-4,10-11,13-14H2,1-2H3. The van der Waals surface area contributed by atoms with Gasteiger partial charge in [-0.05, 0) is 50.6 Å². The van der Waals surface area contributed by atoms with Crippen molar-refractivity contribution in [3.63, 3.8) is 0 Å². The first-order valence-corrected chi connectivity index (χ1v) is 10.1. The van der Waals surface area contributed by atoms with Gasteiger partial charge < -0.3 is 14.5 Å². The van der Waals surface area contributed by atoms with Crippen LogP contribution in [0.15, 0.2) is 42.7 Å². The lowest BCUT2D eigenvalue weighted by molar-refractivity contribution is 0.0526. The zero-order valence-electron chi connectivity index (χ0n) is 17.2. The topological polar surface area (TPSA) is 89.3 Å². The highest BCUT2D eigenvalue weighted by molar-refractivity contribution is 5.89. The second-order valence-electron chi connectivity index (χ2n) is 7.10. The van der Waals surface area contributed by atoms with Crippen molar-refractivity contribution in [3.05, 3.63) is 54.0 Å². The van der Waals surface area contributed by atoms with Crippen LogP contribution < -0.4 is 9.80 Å². The third-order valence-corrected chi connectivity index (χ3v) is 5.00. The van der Waals surface area contributed by atoms with Gasteiger partial charge in [0.05, 0.1) is 17.9 Å². The van der Waals surface area contributed by atoms with Gasteiger partial charge in [0.25, 0.3) is 0 Å². The van der Waals surface area contributed by atoms with Crippen molar-refractivity contribution in [3.8, 4) is 5.82 Å². The molecule has 0 amide bonds. The summed E-state index contributed by atoms with van der Waals surface area (Å²) in [6, 6.07) is 9.51. The lowest BCUT2D eigenvalue weighted by Crippen LogP contribution is -2.31.